The lowest BCUT2D eigenvalue weighted by molar-refractivity contribution is -0.141. The van der Waals surface area contributed by atoms with E-state index in [1.807, 2.05) is 0 Å². The molecule has 0 aliphatic carbocycles. The van der Waals surface area contributed by atoms with Crippen LogP contribution in [0.1, 0.15) is 32.0 Å². The largest absolute Gasteiger partial charge is 0.433 e. The van der Waals surface area contributed by atoms with Crippen molar-refractivity contribution in [2.24, 2.45) is 0 Å². The molecule has 0 bridgehead atoms. The highest BCUT2D eigenvalue weighted by atomic mass is 19.4. The van der Waals surface area contributed by atoms with E-state index in [0.717, 1.165) is 17.2 Å². The van der Waals surface area contributed by atoms with E-state index in [9.17, 15) is 22.8 Å². The molecule has 3 rings (SSSR count). The van der Waals surface area contributed by atoms with Crippen LogP contribution in [0.2, 0.25) is 0 Å². The van der Waals surface area contributed by atoms with Crippen molar-refractivity contribution in [2.45, 2.75) is 13.1 Å². The van der Waals surface area contributed by atoms with E-state index in [-0.39, 0.29) is 19.0 Å². The van der Waals surface area contributed by atoms with Crippen molar-refractivity contribution in [3.8, 4) is 0 Å². The lowest BCUT2D eigenvalue weighted by Crippen LogP contribution is -2.34. The van der Waals surface area contributed by atoms with Crippen molar-refractivity contribution >= 4 is 17.8 Å². The minimum Gasteiger partial charge on any atom is -0.352 e. The number of hydrogen-bond donors (Lipinski definition) is 1. The summed E-state index contributed by atoms with van der Waals surface area (Å²) in [5.41, 5.74) is 0.331. The molecule has 2 amide bonds. The van der Waals surface area contributed by atoms with Crippen molar-refractivity contribution in [1.29, 1.82) is 0 Å². The second-order valence-electron chi connectivity index (χ2n) is 5.45. The number of fused-ring (bicyclic) bond motifs is 1. The zero-order chi connectivity index (χ0) is 18.2. The lowest BCUT2D eigenvalue weighted by atomic mass is 10.0. The molecule has 1 N–H and O–H groups in total. The van der Waals surface area contributed by atoms with Gasteiger partial charge in [0.05, 0.1) is 11.1 Å². The topological polar surface area (TPSA) is 75.2 Å². The molecule has 9 heteroatoms. The first-order valence-electron chi connectivity index (χ1n) is 7.39. The van der Waals surface area contributed by atoms with E-state index in [2.05, 4.69) is 15.3 Å². The second kappa shape index (κ2) is 6.15. The standard InChI is InChI=1S/C16H13F3N4O2/c1-9-3-2-4-10-12(9)14(25)23(13(10)24)8-7-21-15-20-6-5-11(22-15)16(17,18)19/h2-6H,7-8H2,1H3,(H,20,21,22). The first-order chi connectivity index (χ1) is 11.8. The van der Waals surface area contributed by atoms with E-state index in [4.69, 9.17) is 0 Å². The van der Waals surface area contributed by atoms with Gasteiger partial charge in [-0.15, -0.1) is 0 Å². The third kappa shape index (κ3) is 3.17. The van der Waals surface area contributed by atoms with Gasteiger partial charge in [-0.2, -0.15) is 13.2 Å². The molecule has 6 nitrogen and oxygen atoms in total. The normalized spacial score (nSPS) is 14.0. The molecule has 0 radical (unpaired) electrons. The zero-order valence-corrected chi connectivity index (χ0v) is 13.1. The van der Waals surface area contributed by atoms with Crippen LogP contribution in [0.15, 0.2) is 30.5 Å². The number of anilines is 1. The predicted molar refractivity (Wildman–Crippen MR) is 82.1 cm³/mol. The van der Waals surface area contributed by atoms with Crippen molar-refractivity contribution in [3.63, 3.8) is 0 Å². The molecule has 0 saturated carbocycles. The van der Waals surface area contributed by atoms with E-state index in [1.54, 1.807) is 25.1 Å². The van der Waals surface area contributed by atoms with E-state index in [0.29, 0.717) is 16.7 Å². The van der Waals surface area contributed by atoms with Crippen LogP contribution in [-0.2, 0) is 6.18 Å². The molecule has 1 aliphatic rings. The van der Waals surface area contributed by atoms with Crippen molar-refractivity contribution < 1.29 is 22.8 Å². The molecular weight excluding hydrogens is 337 g/mol. The maximum atomic E-state index is 12.6. The van der Waals surface area contributed by atoms with Gasteiger partial charge in [0.25, 0.3) is 11.8 Å². The number of aromatic nitrogens is 2. The Morgan fingerprint density at radius 2 is 1.92 bits per heavy atom. The van der Waals surface area contributed by atoms with E-state index < -0.39 is 23.7 Å². The maximum Gasteiger partial charge on any atom is 0.433 e. The van der Waals surface area contributed by atoms with Gasteiger partial charge in [-0.3, -0.25) is 14.5 Å². The highest BCUT2D eigenvalue weighted by Gasteiger charge is 2.36. The van der Waals surface area contributed by atoms with Gasteiger partial charge in [0, 0.05) is 19.3 Å². The number of amides is 2. The fourth-order valence-electron chi connectivity index (χ4n) is 2.59. The Hall–Kier alpha value is -2.97. The Labute approximate surface area is 140 Å². The number of nitrogens with one attached hydrogen (secondary N) is 1. The molecule has 0 fully saturated rings. The molecule has 0 atom stereocenters. The number of halogens is 3. The Bertz CT molecular complexity index is 852. The lowest BCUT2D eigenvalue weighted by Gasteiger charge is -2.14. The minimum absolute atomic E-state index is 0.00854. The van der Waals surface area contributed by atoms with Gasteiger partial charge < -0.3 is 5.32 Å². The Balaban J connectivity index is 1.67. The fourth-order valence-corrected chi connectivity index (χ4v) is 2.59. The molecule has 1 aromatic heterocycles. The maximum absolute atomic E-state index is 12.6. The van der Waals surface area contributed by atoms with Crippen LogP contribution in [0, 0.1) is 6.92 Å². The summed E-state index contributed by atoms with van der Waals surface area (Å²) >= 11 is 0. The smallest absolute Gasteiger partial charge is 0.352 e. The summed E-state index contributed by atoms with van der Waals surface area (Å²) < 4.78 is 37.8. The number of benzene rings is 1. The van der Waals surface area contributed by atoms with Gasteiger partial charge in [-0.25, -0.2) is 9.97 Å². The first-order valence-corrected chi connectivity index (χ1v) is 7.39. The van der Waals surface area contributed by atoms with Crippen molar-refractivity contribution in [1.82, 2.24) is 14.9 Å². The molecule has 0 spiro atoms. The summed E-state index contributed by atoms with van der Waals surface area (Å²) in [5.74, 6) is -1.05. The van der Waals surface area contributed by atoms with E-state index >= 15 is 0 Å². The molecule has 0 unspecified atom stereocenters. The van der Waals surface area contributed by atoms with Crippen LogP contribution in [0.25, 0.3) is 0 Å². The van der Waals surface area contributed by atoms with Gasteiger partial charge >= 0.3 is 6.18 Å². The van der Waals surface area contributed by atoms with Crippen LogP contribution >= 0.6 is 0 Å². The van der Waals surface area contributed by atoms with Crippen LogP contribution in [0.5, 0.6) is 0 Å². The second-order valence-corrected chi connectivity index (χ2v) is 5.45. The highest BCUT2D eigenvalue weighted by Crippen LogP contribution is 2.28. The monoisotopic (exact) mass is 350 g/mol. The summed E-state index contributed by atoms with van der Waals surface area (Å²) in [6.45, 7) is 1.76. The van der Waals surface area contributed by atoms with Gasteiger partial charge in [-0.1, -0.05) is 12.1 Å². The van der Waals surface area contributed by atoms with Crippen LogP contribution < -0.4 is 5.32 Å². The number of nitrogens with zero attached hydrogens (tertiary/aromatic N) is 3. The summed E-state index contributed by atoms with van der Waals surface area (Å²) in [6, 6.07) is 5.77. The minimum atomic E-state index is -4.57. The van der Waals surface area contributed by atoms with Crippen molar-refractivity contribution in [3.05, 3.63) is 52.8 Å². The number of aryl methyl sites for hydroxylation is 1. The Morgan fingerprint density at radius 1 is 1.16 bits per heavy atom. The molecule has 2 aromatic rings. The number of imide groups is 1. The molecule has 2 heterocycles. The molecule has 0 saturated heterocycles. The molecule has 130 valence electrons. The third-order valence-electron chi connectivity index (χ3n) is 3.77. The van der Waals surface area contributed by atoms with Crippen LogP contribution in [0.3, 0.4) is 0 Å². The van der Waals surface area contributed by atoms with Gasteiger partial charge in [0.1, 0.15) is 5.69 Å². The average molecular weight is 350 g/mol. The van der Waals surface area contributed by atoms with Crippen LogP contribution in [0.4, 0.5) is 19.1 Å². The molecular formula is C16H13F3N4O2. The summed E-state index contributed by atoms with van der Waals surface area (Å²) in [4.78, 5) is 32.8. The number of alkyl halides is 3. The Morgan fingerprint density at radius 3 is 2.60 bits per heavy atom. The van der Waals surface area contributed by atoms with Crippen molar-refractivity contribution in [2.75, 3.05) is 18.4 Å². The molecule has 1 aromatic carbocycles. The summed E-state index contributed by atoms with van der Waals surface area (Å²) in [6.07, 6.45) is -3.58. The molecule has 25 heavy (non-hydrogen) atoms. The number of hydrogen-bond acceptors (Lipinski definition) is 5. The van der Waals surface area contributed by atoms with Crippen LogP contribution in [-0.4, -0.2) is 39.8 Å². The summed E-state index contributed by atoms with van der Waals surface area (Å²) in [5, 5.41) is 2.60. The Kier molecular flexibility index (Phi) is 4.15. The SMILES string of the molecule is Cc1cccc2c1C(=O)N(CCNc1nccc(C(F)(F)F)n1)C2=O. The number of rotatable bonds is 4. The highest BCUT2D eigenvalue weighted by molar-refractivity contribution is 6.22. The van der Waals surface area contributed by atoms with Gasteiger partial charge in [-0.05, 0) is 24.6 Å². The number of carbonyl (C=O) groups excluding carboxylic acids is 2. The average Bonchev–Trinajstić information content (AvgIpc) is 2.80. The first kappa shape index (κ1) is 16.9. The zero-order valence-electron chi connectivity index (χ0n) is 13.1. The molecule has 1 aliphatic heterocycles. The third-order valence-corrected chi connectivity index (χ3v) is 3.77. The predicted octanol–water partition coefficient (Wildman–Crippen LogP) is 2.51. The fraction of sp³-hybridized carbons (Fsp3) is 0.250. The van der Waals surface area contributed by atoms with Gasteiger partial charge in [0.15, 0.2) is 0 Å². The quantitative estimate of drug-likeness (QED) is 0.858. The number of carbonyl (C=O) groups is 2. The summed E-state index contributed by atoms with van der Waals surface area (Å²) in [7, 11) is 0. The van der Waals surface area contributed by atoms with E-state index in [1.165, 1.54) is 0 Å². The van der Waals surface area contributed by atoms with Gasteiger partial charge in [0.2, 0.25) is 5.95 Å².